The molecule has 1 aromatic carbocycles. The Hall–Kier alpha value is -2.10. The highest BCUT2D eigenvalue weighted by atomic mass is 35.5. The molecule has 1 aliphatic carbocycles. The second kappa shape index (κ2) is 9.51. The summed E-state index contributed by atoms with van der Waals surface area (Å²) in [5.74, 6) is 0.152. The van der Waals surface area contributed by atoms with Gasteiger partial charge in [0.1, 0.15) is 11.5 Å². The molecule has 0 bridgehead atoms. The van der Waals surface area contributed by atoms with Gasteiger partial charge < -0.3 is 5.11 Å². The zero-order valence-corrected chi connectivity index (χ0v) is 22.4. The zero-order valence-electron chi connectivity index (χ0n) is 20.0. The average molecular weight is 527 g/mol. The number of benzene rings is 1. The van der Waals surface area contributed by atoms with Crippen molar-refractivity contribution in [1.29, 1.82) is 0 Å². The number of rotatable bonds is 9. The first-order valence-corrected chi connectivity index (χ1v) is 14.8. The van der Waals surface area contributed by atoms with Crippen LogP contribution in [-0.4, -0.2) is 46.0 Å². The van der Waals surface area contributed by atoms with Crippen molar-refractivity contribution in [2.45, 2.75) is 44.8 Å². The van der Waals surface area contributed by atoms with Gasteiger partial charge in [-0.25, -0.2) is 16.8 Å². The van der Waals surface area contributed by atoms with Gasteiger partial charge in [-0.15, -0.1) is 0 Å². The molecule has 1 saturated carbocycles. The third-order valence-electron chi connectivity index (χ3n) is 6.51. The van der Waals surface area contributed by atoms with E-state index in [0.29, 0.717) is 21.8 Å². The molecule has 0 spiro atoms. The highest BCUT2D eigenvalue weighted by molar-refractivity contribution is 7.92. The smallest absolute Gasteiger partial charge is 0.235 e. The summed E-state index contributed by atoms with van der Waals surface area (Å²) >= 11 is 6.39. The maximum absolute atomic E-state index is 12.8. The summed E-state index contributed by atoms with van der Waals surface area (Å²) in [6, 6.07) is 6.70. The number of pyridine rings is 1. The molecule has 186 valence electrons. The molecule has 34 heavy (non-hydrogen) atoms. The molecule has 1 fully saturated rings. The quantitative estimate of drug-likeness (QED) is 0.477. The number of anilines is 1. The molecule has 7 nitrogen and oxygen atoms in total. The summed E-state index contributed by atoms with van der Waals surface area (Å²) in [6.45, 7) is 4.94. The fourth-order valence-corrected chi connectivity index (χ4v) is 6.36. The van der Waals surface area contributed by atoms with Crippen LogP contribution in [0.4, 0.5) is 5.69 Å². The fourth-order valence-electron chi connectivity index (χ4n) is 3.75. The minimum Gasteiger partial charge on any atom is -0.506 e. The van der Waals surface area contributed by atoms with E-state index in [-0.39, 0.29) is 29.5 Å². The van der Waals surface area contributed by atoms with Crippen molar-refractivity contribution in [3.63, 3.8) is 0 Å². The Morgan fingerprint density at radius 3 is 2.47 bits per heavy atom. The Labute approximate surface area is 207 Å². The molecular formula is C24H31ClN2O5S2. The molecule has 1 N–H and O–H groups in total. The van der Waals surface area contributed by atoms with Gasteiger partial charge in [0.05, 0.1) is 21.2 Å². The van der Waals surface area contributed by atoms with Crippen LogP contribution in [0, 0.1) is 12.8 Å². The summed E-state index contributed by atoms with van der Waals surface area (Å²) in [6.07, 6.45) is 6.31. The first kappa shape index (κ1) is 26.5. The van der Waals surface area contributed by atoms with E-state index < -0.39 is 24.6 Å². The highest BCUT2D eigenvalue weighted by Gasteiger charge is 2.35. The third-order valence-corrected chi connectivity index (χ3v) is 10.8. The van der Waals surface area contributed by atoms with Gasteiger partial charge in [0.25, 0.3) is 0 Å². The molecule has 0 saturated heterocycles. The lowest BCUT2D eigenvalue weighted by molar-refractivity contribution is 0.502. The maximum Gasteiger partial charge on any atom is 0.235 e. The van der Waals surface area contributed by atoms with E-state index in [2.05, 4.69) is 4.98 Å². The lowest BCUT2D eigenvalue weighted by Crippen LogP contribution is -2.30. The number of aliphatic hydroxyl groups is 1. The van der Waals surface area contributed by atoms with Gasteiger partial charge in [0, 0.05) is 25.1 Å². The Morgan fingerprint density at radius 2 is 1.88 bits per heavy atom. The van der Waals surface area contributed by atoms with E-state index in [1.807, 2.05) is 0 Å². The van der Waals surface area contributed by atoms with Crippen LogP contribution < -0.4 is 4.31 Å². The van der Waals surface area contributed by atoms with Crippen LogP contribution in [-0.2, 0) is 31.0 Å². The van der Waals surface area contributed by atoms with Gasteiger partial charge in [0.2, 0.25) is 10.0 Å². The monoisotopic (exact) mass is 526 g/mol. The number of aromatic nitrogens is 1. The second-order valence-electron chi connectivity index (χ2n) is 9.35. The number of sulfone groups is 1. The van der Waals surface area contributed by atoms with E-state index in [1.54, 1.807) is 51.1 Å². The minimum atomic E-state index is -3.50. The Balaban J connectivity index is 1.95. The summed E-state index contributed by atoms with van der Waals surface area (Å²) in [4.78, 5) is 4.23. The van der Waals surface area contributed by atoms with E-state index in [1.165, 1.54) is 17.5 Å². The Morgan fingerprint density at radius 1 is 1.24 bits per heavy atom. The first-order valence-electron chi connectivity index (χ1n) is 11.0. The molecule has 10 heteroatoms. The number of aliphatic hydroxyl groups excluding tert-OH is 1. The minimum absolute atomic E-state index is 0.1000. The molecule has 1 aliphatic rings. The van der Waals surface area contributed by atoms with Crippen LogP contribution in [0.3, 0.4) is 0 Å². The van der Waals surface area contributed by atoms with Crippen LogP contribution in [0.5, 0.6) is 0 Å². The number of allylic oxidation sites excluding steroid dienone is 1. The van der Waals surface area contributed by atoms with Crippen LogP contribution in [0.1, 0.15) is 49.1 Å². The van der Waals surface area contributed by atoms with Crippen LogP contribution in [0.25, 0.3) is 5.76 Å². The van der Waals surface area contributed by atoms with E-state index >= 15 is 0 Å². The predicted octanol–water partition coefficient (Wildman–Crippen LogP) is 4.64. The lowest BCUT2D eigenvalue weighted by Gasteiger charge is -2.25. The maximum atomic E-state index is 12.8. The van der Waals surface area contributed by atoms with E-state index in [4.69, 9.17) is 11.6 Å². The highest BCUT2D eigenvalue weighted by Crippen LogP contribution is 2.37. The summed E-state index contributed by atoms with van der Waals surface area (Å²) < 4.78 is 50.3. The molecule has 1 heterocycles. The molecular weight excluding hydrogens is 496 g/mol. The standard InChI is InChI=1S/C24H31ClN2O5S2/c1-16-18(10-12-20(25)23(16)27(4)34(31,32)15-17-8-9-17)11-13-21(28)22-19(7-6-14-26-22)24(2,3)33(5,29)30/h6-7,10,12-14,17,28H,8-9,11,15H2,1-5H3/b21-13-. The fraction of sp³-hybridized carbons (Fsp3) is 0.458. The number of sulfonamides is 1. The first-order chi connectivity index (χ1) is 15.7. The summed E-state index contributed by atoms with van der Waals surface area (Å²) in [5, 5.41) is 11.2. The van der Waals surface area contributed by atoms with Crippen LogP contribution in [0.2, 0.25) is 5.02 Å². The SMILES string of the molecule is Cc1c(C/C=C(\O)c2ncccc2C(C)(C)S(C)(=O)=O)ccc(Cl)c1N(C)S(=O)(=O)CC1CC1. The summed E-state index contributed by atoms with van der Waals surface area (Å²) in [7, 11) is -5.47. The number of nitrogens with zero attached hydrogens (tertiary/aromatic N) is 2. The predicted molar refractivity (Wildman–Crippen MR) is 138 cm³/mol. The van der Waals surface area contributed by atoms with Crippen molar-refractivity contribution in [3.8, 4) is 0 Å². The van der Waals surface area contributed by atoms with Gasteiger partial charge in [0.15, 0.2) is 9.84 Å². The third kappa shape index (κ3) is 5.42. The molecule has 0 atom stereocenters. The second-order valence-corrected chi connectivity index (χ2v) is 14.4. The molecule has 0 radical (unpaired) electrons. The van der Waals surface area contributed by atoms with Gasteiger partial charge in [-0.05, 0) is 75.3 Å². The average Bonchev–Trinajstić information content (AvgIpc) is 3.55. The number of hydrogen-bond acceptors (Lipinski definition) is 6. The van der Waals surface area contributed by atoms with E-state index in [0.717, 1.165) is 24.7 Å². The van der Waals surface area contributed by atoms with Crippen molar-refractivity contribution in [2.24, 2.45) is 5.92 Å². The molecule has 2 aromatic rings. The summed E-state index contributed by atoms with van der Waals surface area (Å²) in [5.41, 5.74) is 2.47. The van der Waals surface area contributed by atoms with Crippen LogP contribution >= 0.6 is 11.6 Å². The molecule has 0 amide bonds. The Bertz CT molecular complexity index is 1330. The Kier molecular flexibility index (Phi) is 7.41. The van der Waals surface area contributed by atoms with Crippen molar-refractivity contribution >= 4 is 42.9 Å². The van der Waals surface area contributed by atoms with Crippen molar-refractivity contribution in [2.75, 3.05) is 23.4 Å². The molecule has 1 aromatic heterocycles. The zero-order chi connectivity index (χ0) is 25.5. The van der Waals surface area contributed by atoms with Gasteiger partial charge in [-0.2, -0.15) is 0 Å². The molecule has 0 unspecified atom stereocenters. The van der Waals surface area contributed by atoms with Gasteiger partial charge in [-0.3, -0.25) is 9.29 Å². The van der Waals surface area contributed by atoms with Crippen LogP contribution in [0.15, 0.2) is 36.5 Å². The van der Waals surface area contributed by atoms with Crippen molar-refractivity contribution in [3.05, 3.63) is 63.9 Å². The topological polar surface area (TPSA) is 105 Å². The number of halogens is 1. The molecule has 3 rings (SSSR count). The van der Waals surface area contributed by atoms with Gasteiger partial charge in [-0.1, -0.05) is 23.7 Å². The van der Waals surface area contributed by atoms with Crippen molar-refractivity contribution < 1.29 is 21.9 Å². The van der Waals surface area contributed by atoms with E-state index in [9.17, 15) is 21.9 Å². The lowest BCUT2D eigenvalue weighted by atomic mass is 9.98. The van der Waals surface area contributed by atoms with Crippen molar-refractivity contribution in [1.82, 2.24) is 4.98 Å². The molecule has 0 aliphatic heterocycles. The number of hydrogen-bond donors (Lipinski definition) is 1. The normalized spacial score (nSPS) is 15.4. The van der Waals surface area contributed by atoms with Gasteiger partial charge >= 0.3 is 0 Å². The largest absolute Gasteiger partial charge is 0.506 e.